The lowest BCUT2D eigenvalue weighted by Gasteiger charge is -2.10. The Morgan fingerprint density at radius 1 is 1.07 bits per heavy atom. The van der Waals surface area contributed by atoms with Gasteiger partial charge in [-0.3, -0.25) is 20.4 Å². The number of benzene rings is 2. The van der Waals surface area contributed by atoms with Crippen molar-refractivity contribution in [3.63, 3.8) is 0 Å². The SMILES string of the molecule is Cc1ccc(C)c(OCC(=O)NNC(=O)c2cnn(-c3ccccc3)c2)c1. The minimum absolute atomic E-state index is 0.201. The maximum atomic E-state index is 12.1. The van der Waals surface area contributed by atoms with Crippen molar-refractivity contribution >= 4 is 11.8 Å². The van der Waals surface area contributed by atoms with Crippen molar-refractivity contribution in [1.82, 2.24) is 20.6 Å². The van der Waals surface area contributed by atoms with Crippen molar-refractivity contribution in [1.29, 1.82) is 0 Å². The first-order chi connectivity index (χ1) is 13.0. The zero-order chi connectivity index (χ0) is 19.2. The summed E-state index contributed by atoms with van der Waals surface area (Å²) in [4.78, 5) is 24.1. The molecule has 0 radical (unpaired) electrons. The number of hydrogen-bond donors (Lipinski definition) is 2. The minimum atomic E-state index is -0.461. The molecule has 0 aliphatic heterocycles. The van der Waals surface area contributed by atoms with E-state index in [0.29, 0.717) is 11.3 Å². The van der Waals surface area contributed by atoms with Gasteiger partial charge in [-0.2, -0.15) is 5.10 Å². The molecule has 0 unspecified atom stereocenters. The molecule has 0 aliphatic carbocycles. The summed E-state index contributed by atoms with van der Waals surface area (Å²) in [5.41, 5.74) is 7.83. The van der Waals surface area contributed by atoms with Crippen molar-refractivity contribution in [3.8, 4) is 11.4 Å². The summed E-state index contributed by atoms with van der Waals surface area (Å²) in [5.74, 6) is -0.280. The van der Waals surface area contributed by atoms with Crippen LogP contribution in [0.25, 0.3) is 5.69 Å². The molecule has 2 N–H and O–H groups in total. The van der Waals surface area contributed by atoms with Gasteiger partial charge in [0, 0.05) is 6.20 Å². The Bertz CT molecular complexity index is 951. The van der Waals surface area contributed by atoms with Crippen molar-refractivity contribution in [3.05, 3.63) is 77.6 Å². The number of aromatic nitrogens is 2. The van der Waals surface area contributed by atoms with Crippen LogP contribution in [0.2, 0.25) is 0 Å². The number of carbonyl (C=O) groups excluding carboxylic acids is 2. The van der Waals surface area contributed by atoms with Crippen LogP contribution in [0.3, 0.4) is 0 Å². The van der Waals surface area contributed by atoms with Crippen LogP contribution in [0.1, 0.15) is 21.5 Å². The van der Waals surface area contributed by atoms with Gasteiger partial charge >= 0.3 is 0 Å². The van der Waals surface area contributed by atoms with E-state index in [-0.39, 0.29) is 6.61 Å². The molecule has 2 amide bonds. The number of amides is 2. The monoisotopic (exact) mass is 364 g/mol. The van der Waals surface area contributed by atoms with Crippen LogP contribution in [-0.2, 0) is 4.79 Å². The first kappa shape index (κ1) is 18.2. The molecule has 0 atom stereocenters. The summed E-state index contributed by atoms with van der Waals surface area (Å²) < 4.78 is 7.08. The summed E-state index contributed by atoms with van der Waals surface area (Å²) in [6.07, 6.45) is 3.02. The lowest BCUT2D eigenvalue weighted by molar-refractivity contribution is -0.123. The van der Waals surface area contributed by atoms with Crippen molar-refractivity contribution < 1.29 is 14.3 Å². The Hall–Kier alpha value is -3.61. The van der Waals surface area contributed by atoms with Crippen LogP contribution < -0.4 is 15.6 Å². The molecule has 27 heavy (non-hydrogen) atoms. The van der Waals surface area contributed by atoms with Gasteiger partial charge in [0.05, 0.1) is 17.4 Å². The lowest BCUT2D eigenvalue weighted by atomic mass is 10.1. The van der Waals surface area contributed by atoms with E-state index in [2.05, 4.69) is 16.0 Å². The van der Waals surface area contributed by atoms with Gasteiger partial charge in [0.15, 0.2) is 6.61 Å². The van der Waals surface area contributed by atoms with Crippen LogP contribution in [-0.4, -0.2) is 28.2 Å². The van der Waals surface area contributed by atoms with Gasteiger partial charge in [-0.05, 0) is 43.2 Å². The zero-order valence-electron chi connectivity index (χ0n) is 15.1. The highest BCUT2D eigenvalue weighted by Gasteiger charge is 2.11. The Morgan fingerprint density at radius 3 is 2.63 bits per heavy atom. The molecule has 0 bridgehead atoms. The molecule has 0 spiro atoms. The Morgan fingerprint density at radius 2 is 1.85 bits per heavy atom. The third-order valence-corrected chi connectivity index (χ3v) is 3.88. The van der Waals surface area contributed by atoms with Crippen LogP contribution in [0.5, 0.6) is 5.75 Å². The largest absolute Gasteiger partial charge is 0.483 e. The molecule has 3 rings (SSSR count). The molecular formula is C20H20N4O3. The van der Waals surface area contributed by atoms with Gasteiger partial charge in [-0.25, -0.2) is 4.68 Å². The van der Waals surface area contributed by atoms with Crippen molar-refractivity contribution in [2.75, 3.05) is 6.61 Å². The quantitative estimate of drug-likeness (QED) is 0.681. The number of nitrogens with one attached hydrogen (secondary N) is 2. The molecule has 1 heterocycles. The van der Waals surface area contributed by atoms with E-state index in [1.807, 2.05) is 62.4 Å². The van der Waals surface area contributed by atoms with Crippen molar-refractivity contribution in [2.45, 2.75) is 13.8 Å². The molecule has 7 heteroatoms. The second-order valence-corrected chi connectivity index (χ2v) is 6.07. The van der Waals surface area contributed by atoms with E-state index in [0.717, 1.165) is 16.8 Å². The first-order valence-corrected chi connectivity index (χ1v) is 8.42. The van der Waals surface area contributed by atoms with Crippen LogP contribution in [0.4, 0.5) is 0 Å². The number of hydrogen-bond acceptors (Lipinski definition) is 4. The Balaban J connectivity index is 1.51. The fraction of sp³-hybridized carbons (Fsp3) is 0.150. The Kier molecular flexibility index (Phi) is 5.51. The lowest BCUT2D eigenvalue weighted by Crippen LogP contribution is -2.43. The average Bonchev–Trinajstić information content (AvgIpc) is 3.18. The summed E-state index contributed by atoms with van der Waals surface area (Å²) >= 11 is 0. The molecule has 2 aromatic carbocycles. The minimum Gasteiger partial charge on any atom is -0.483 e. The second-order valence-electron chi connectivity index (χ2n) is 6.07. The predicted molar refractivity (Wildman–Crippen MR) is 101 cm³/mol. The van der Waals surface area contributed by atoms with E-state index in [1.54, 1.807) is 10.9 Å². The fourth-order valence-corrected chi connectivity index (χ4v) is 2.40. The number of rotatable bonds is 5. The number of ether oxygens (including phenoxy) is 1. The van der Waals surface area contributed by atoms with Gasteiger partial charge in [-0.15, -0.1) is 0 Å². The van der Waals surface area contributed by atoms with Gasteiger partial charge in [0.25, 0.3) is 11.8 Å². The third kappa shape index (κ3) is 4.72. The summed E-state index contributed by atoms with van der Waals surface area (Å²) in [7, 11) is 0. The standard InChI is InChI=1S/C20H20N4O3/c1-14-8-9-15(2)18(10-14)27-13-19(25)22-23-20(26)16-11-21-24(12-16)17-6-4-3-5-7-17/h3-12H,13H2,1-2H3,(H,22,25)(H,23,26). The highest BCUT2D eigenvalue weighted by Crippen LogP contribution is 2.18. The first-order valence-electron chi connectivity index (χ1n) is 8.42. The highest BCUT2D eigenvalue weighted by molar-refractivity contribution is 5.95. The maximum Gasteiger partial charge on any atom is 0.276 e. The van der Waals surface area contributed by atoms with E-state index >= 15 is 0 Å². The maximum absolute atomic E-state index is 12.1. The number of nitrogens with zero attached hydrogens (tertiary/aromatic N) is 2. The van der Waals surface area contributed by atoms with Gasteiger partial charge in [-0.1, -0.05) is 30.3 Å². The smallest absolute Gasteiger partial charge is 0.276 e. The second kappa shape index (κ2) is 8.18. The molecule has 7 nitrogen and oxygen atoms in total. The van der Waals surface area contributed by atoms with Crippen molar-refractivity contribution in [2.24, 2.45) is 0 Å². The third-order valence-electron chi connectivity index (χ3n) is 3.88. The highest BCUT2D eigenvalue weighted by atomic mass is 16.5. The number of carbonyl (C=O) groups is 2. The van der Waals surface area contributed by atoms with E-state index in [9.17, 15) is 9.59 Å². The topological polar surface area (TPSA) is 85.2 Å². The van der Waals surface area contributed by atoms with E-state index < -0.39 is 11.8 Å². The number of aryl methyl sites for hydroxylation is 2. The Labute approximate surface area is 156 Å². The molecule has 0 aliphatic rings. The molecule has 0 fully saturated rings. The molecule has 1 aromatic heterocycles. The van der Waals surface area contributed by atoms with Crippen LogP contribution >= 0.6 is 0 Å². The van der Waals surface area contributed by atoms with Gasteiger partial charge in [0.1, 0.15) is 5.75 Å². The predicted octanol–water partition coefficient (Wildman–Crippen LogP) is 2.33. The van der Waals surface area contributed by atoms with E-state index in [4.69, 9.17) is 4.74 Å². The molecule has 0 saturated heterocycles. The molecule has 0 saturated carbocycles. The van der Waals surface area contributed by atoms with Crippen LogP contribution in [0, 0.1) is 13.8 Å². The summed E-state index contributed by atoms with van der Waals surface area (Å²) in [5, 5.41) is 4.15. The molecule has 138 valence electrons. The summed E-state index contributed by atoms with van der Waals surface area (Å²) in [6.45, 7) is 3.65. The van der Waals surface area contributed by atoms with Gasteiger partial charge < -0.3 is 4.74 Å². The average molecular weight is 364 g/mol. The fourth-order valence-electron chi connectivity index (χ4n) is 2.40. The van der Waals surface area contributed by atoms with Gasteiger partial charge in [0.2, 0.25) is 0 Å². The zero-order valence-corrected chi connectivity index (χ0v) is 15.1. The number of para-hydroxylation sites is 1. The molecule has 3 aromatic rings. The van der Waals surface area contributed by atoms with E-state index in [1.165, 1.54) is 6.20 Å². The van der Waals surface area contributed by atoms with Crippen LogP contribution in [0.15, 0.2) is 60.9 Å². The summed E-state index contributed by atoms with van der Waals surface area (Å²) in [6, 6.07) is 15.2. The number of hydrazine groups is 1. The normalized spacial score (nSPS) is 10.3. The molecular weight excluding hydrogens is 344 g/mol.